The zero-order valence-corrected chi connectivity index (χ0v) is 12.6. The van der Waals surface area contributed by atoms with Crippen LogP contribution in [0.4, 0.5) is 0 Å². The zero-order valence-electron chi connectivity index (χ0n) is 11.8. The number of hydrogen-bond acceptors (Lipinski definition) is 2. The summed E-state index contributed by atoms with van der Waals surface area (Å²) in [6.07, 6.45) is 5.16. The van der Waals surface area contributed by atoms with Gasteiger partial charge in [-0.2, -0.15) is 0 Å². The Balaban J connectivity index is 1.93. The van der Waals surface area contributed by atoms with Crippen LogP contribution < -0.4 is 5.32 Å². The van der Waals surface area contributed by atoms with Crippen molar-refractivity contribution in [3.8, 4) is 0 Å². The lowest BCUT2D eigenvalue weighted by Gasteiger charge is -2.22. The number of thioether (sulfide) groups is 1. The first-order valence-electron chi connectivity index (χ1n) is 7.16. The maximum atomic E-state index is 3.45. The minimum Gasteiger partial charge on any atom is -0.316 e. The van der Waals surface area contributed by atoms with E-state index in [0.29, 0.717) is 6.04 Å². The number of fused-ring (bicyclic) bond motifs is 1. The van der Waals surface area contributed by atoms with Crippen molar-refractivity contribution in [2.45, 2.75) is 50.5 Å². The minimum absolute atomic E-state index is 0.619. The van der Waals surface area contributed by atoms with Gasteiger partial charge in [-0.05, 0) is 55.5 Å². The van der Waals surface area contributed by atoms with Crippen molar-refractivity contribution in [1.82, 2.24) is 5.32 Å². The molecule has 100 valence electrons. The van der Waals surface area contributed by atoms with Gasteiger partial charge in [0.15, 0.2) is 0 Å². The molecule has 2 rings (SSSR count). The van der Waals surface area contributed by atoms with Crippen LogP contribution in [0.3, 0.4) is 0 Å². The molecule has 1 aliphatic rings. The van der Waals surface area contributed by atoms with E-state index in [0.717, 1.165) is 5.92 Å². The molecular weight excluding hydrogens is 238 g/mol. The van der Waals surface area contributed by atoms with Crippen LogP contribution in [0, 0.1) is 5.92 Å². The van der Waals surface area contributed by atoms with Gasteiger partial charge in [-0.25, -0.2) is 0 Å². The summed E-state index contributed by atoms with van der Waals surface area (Å²) in [5.41, 5.74) is 3.16. The second-order valence-electron chi connectivity index (χ2n) is 5.38. The topological polar surface area (TPSA) is 12.0 Å². The van der Waals surface area contributed by atoms with E-state index in [1.165, 1.54) is 36.3 Å². The first-order valence-corrected chi connectivity index (χ1v) is 8.15. The molecule has 0 saturated heterocycles. The van der Waals surface area contributed by atoms with E-state index < -0.39 is 0 Å². The standard InChI is InChI=1S/C16H25NS/c1-4-12(2)16(17-3)11-18-15-9-8-13-6-5-7-14(13)10-15/h8-10,12,16-17H,4-7,11H2,1-3H3. The lowest BCUT2D eigenvalue weighted by Crippen LogP contribution is -2.34. The normalized spacial score (nSPS) is 17.5. The van der Waals surface area contributed by atoms with E-state index in [9.17, 15) is 0 Å². The Labute approximate surface area is 116 Å². The maximum absolute atomic E-state index is 3.45. The molecule has 1 aromatic rings. The van der Waals surface area contributed by atoms with E-state index in [-0.39, 0.29) is 0 Å². The Bertz CT molecular complexity index is 389. The minimum atomic E-state index is 0.619. The molecule has 2 atom stereocenters. The lowest BCUT2D eigenvalue weighted by atomic mass is 10.0. The molecule has 0 radical (unpaired) electrons. The smallest absolute Gasteiger partial charge is 0.0184 e. The third kappa shape index (κ3) is 3.30. The van der Waals surface area contributed by atoms with Crippen LogP contribution in [0.2, 0.25) is 0 Å². The molecule has 2 heteroatoms. The Morgan fingerprint density at radius 3 is 2.78 bits per heavy atom. The Kier molecular flexibility index (Phi) is 5.13. The van der Waals surface area contributed by atoms with Crippen LogP contribution in [0.15, 0.2) is 23.1 Å². The fourth-order valence-corrected chi connectivity index (χ4v) is 3.90. The fourth-order valence-electron chi connectivity index (χ4n) is 2.64. The van der Waals surface area contributed by atoms with Crippen LogP contribution in [0.5, 0.6) is 0 Å². The summed E-state index contributed by atoms with van der Waals surface area (Å²) in [7, 11) is 2.08. The molecule has 0 bridgehead atoms. The van der Waals surface area contributed by atoms with Crippen molar-refractivity contribution >= 4 is 11.8 Å². The van der Waals surface area contributed by atoms with Crippen molar-refractivity contribution in [3.63, 3.8) is 0 Å². The van der Waals surface area contributed by atoms with Crippen LogP contribution in [-0.2, 0) is 12.8 Å². The number of nitrogens with one attached hydrogen (secondary N) is 1. The molecule has 0 aromatic heterocycles. The summed E-state index contributed by atoms with van der Waals surface area (Å²) < 4.78 is 0. The van der Waals surface area contributed by atoms with Crippen molar-refractivity contribution in [3.05, 3.63) is 29.3 Å². The number of benzene rings is 1. The number of aryl methyl sites for hydroxylation is 2. The predicted octanol–water partition coefficient (Wildman–Crippen LogP) is 3.90. The third-order valence-electron chi connectivity index (χ3n) is 4.20. The van der Waals surface area contributed by atoms with Gasteiger partial charge < -0.3 is 5.32 Å². The first kappa shape index (κ1) is 14.0. The SMILES string of the molecule is CCC(C)C(CSc1ccc2c(c1)CCC2)NC. The number of hydrogen-bond donors (Lipinski definition) is 1. The fraction of sp³-hybridized carbons (Fsp3) is 0.625. The predicted molar refractivity (Wildman–Crippen MR) is 81.5 cm³/mol. The largest absolute Gasteiger partial charge is 0.316 e. The van der Waals surface area contributed by atoms with E-state index >= 15 is 0 Å². The van der Waals surface area contributed by atoms with Crippen molar-refractivity contribution in [2.75, 3.05) is 12.8 Å². The lowest BCUT2D eigenvalue weighted by molar-refractivity contribution is 0.420. The van der Waals surface area contributed by atoms with E-state index in [1.54, 1.807) is 11.1 Å². The van der Waals surface area contributed by atoms with Gasteiger partial charge >= 0.3 is 0 Å². The van der Waals surface area contributed by atoms with Crippen molar-refractivity contribution < 1.29 is 0 Å². The molecule has 0 spiro atoms. The molecule has 0 heterocycles. The summed E-state index contributed by atoms with van der Waals surface area (Å²) in [6, 6.07) is 7.67. The molecule has 1 N–H and O–H groups in total. The Morgan fingerprint density at radius 1 is 1.28 bits per heavy atom. The molecular formula is C16H25NS. The molecule has 2 unspecified atom stereocenters. The third-order valence-corrected chi connectivity index (χ3v) is 5.31. The van der Waals surface area contributed by atoms with E-state index in [2.05, 4.69) is 44.4 Å². The van der Waals surface area contributed by atoms with Gasteiger partial charge in [0.2, 0.25) is 0 Å². The molecule has 0 saturated carbocycles. The highest BCUT2D eigenvalue weighted by Crippen LogP contribution is 2.28. The quantitative estimate of drug-likeness (QED) is 0.781. The molecule has 0 amide bonds. The van der Waals surface area contributed by atoms with Gasteiger partial charge in [-0.3, -0.25) is 0 Å². The van der Waals surface area contributed by atoms with E-state index in [1.807, 2.05) is 11.8 Å². The molecule has 1 aromatic carbocycles. The average Bonchev–Trinajstić information content (AvgIpc) is 2.86. The highest BCUT2D eigenvalue weighted by atomic mass is 32.2. The van der Waals surface area contributed by atoms with E-state index in [4.69, 9.17) is 0 Å². The highest BCUT2D eigenvalue weighted by Gasteiger charge is 2.15. The van der Waals surface area contributed by atoms with Gasteiger partial charge in [0.25, 0.3) is 0 Å². The second-order valence-corrected chi connectivity index (χ2v) is 6.47. The second kappa shape index (κ2) is 6.63. The summed E-state index contributed by atoms with van der Waals surface area (Å²) in [5.74, 6) is 1.92. The van der Waals surface area contributed by atoms with Gasteiger partial charge in [-0.15, -0.1) is 11.8 Å². The summed E-state index contributed by atoms with van der Waals surface area (Å²) in [6.45, 7) is 4.61. The van der Waals surface area contributed by atoms with Gasteiger partial charge in [-0.1, -0.05) is 26.3 Å². The van der Waals surface area contributed by atoms with Gasteiger partial charge in [0.1, 0.15) is 0 Å². The number of rotatable bonds is 6. The molecule has 18 heavy (non-hydrogen) atoms. The summed E-state index contributed by atoms with van der Waals surface area (Å²) >= 11 is 2.00. The van der Waals surface area contributed by atoms with Crippen molar-refractivity contribution in [1.29, 1.82) is 0 Å². The van der Waals surface area contributed by atoms with Gasteiger partial charge in [0, 0.05) is 16.7 Å². The Hall–Kier alpha value is -0.470. The Morgan fingerprint density at radius 2 is 2.06 bits per heavy atom. The van der Waals surface area contributed by atoms with Gasteiger partial charge in [0.05, 0.1) is 0 Å². The molecule has 0 aliphatic heterocycles. The maximum Gasteiger partial charge on any atom is 0.0184 e. The monoisotopic (exact) mass is 263 g/mol. The zero-order chi connectivity index (χ0) is 13.0. The summed E-state index contributed by atoms with van der Waals surface area (Å²) in [4.78, 5) is 1.44. The highest BCUT2D eigenvalue weighted by molar-refractivity contribution is 7.99. The van der Waals surface area contributed by atoms with Crippen LogP contribution in [-0.4, -0.2) is 18.8 Å². The molecule has 1 aliphatic carbocycles. The summed E-state index contributed by atoms with van der Waals surface area (Å²) in [5, 5.41) is 3.45. The average molecular weight is 263 g/mol. The molecule has 1 nitrogen and oxygen atoms in total. The first-order chi connectivity index (χ1) is 8.74. The van der Waals surface area contributed by atoms with Crippen molar-refractivity contribution in [2.24, 2.45) is 5.92 Å². The van der Waals surface area contributed by atoms with Crippen LogP contribution >= 0.6 is 11.8 Å². The van der Waals surface area contributed by atoms with Crippen LogP contribution in [0.25, 0.3) is 0 Å². The molecule has 0 fully saturated rings. The van der Waals surface area contributed by atoms with Crippen LogP contribution in [0.1, 0.15) is 37.8 Å².